The molecule has 1 aromatic carbocycles. The Balaban J connectivity index is 2.99. The van der Waals surface area contributed by atoms with Crippen LogP contribution in [0.5, 0.6) is 0 Å². The Labute approximate surface area is 96.2 Å². The number of nitrogens with zero attached hydrogens (tertiary/aromatic N) is 1. The first-order valence-corrected chi connectivity index (χ1v) is 4.89. The van der Waals surface area contributed by atoms with E-state index in [9.17, 15) is 13.2 Å². The van der Waals surface area contributed by atoms with Crippen molar-refractivity contribution in [3.05, 3.63) is 28.8 Å². The summed E-state index contributed by atoms with van der Waals surface area (Å²) in [6.45, 7) is -1.47. The predicted molar refractivity (Wildman–Crippen MR) is 56.7 cm³/mol. The smallest absolute Gasteiger partial charge is 0.392 e. The molecule has 0 aliphatic heterocycles. The summed E-state index contributed by atoms with van der Waals surface area (Å²) < 4.78 is 36.6. The third-order valence-electron chi connectivity index (χ3n) is 2.08. The number of aliphatic hydroxyl groups is 1. The zero-order valence-electron chi connectivity index (χ0n) is 8.55. The number of aliphatic hydroxyl groups excluding tert-OH is 1. The molecule has 90 valence electrons. The van der Waals surface area contributed by atoms with E-state index in [-0.39, 0.29) is 10.7 Å². The first-order valence-electron chi connectivity index (χ1n) is 4.51. The lowest BCUT2D eigenvalue weighted by molar-refractivity contribution is -0.119. The highest BCUT2D eigenvalue weighted by molar-refractivity contribution is 6.31. The Bertz CT molecular complexity index is 368. The number of alkyl halides is 3. The van der Waals surface area contributed by atoms with E-state index in [4.69, 9.17) is 16.7 Å². The maximum Gasteiger partial charge on any atom is 0.405 e. The van der Waals surface area contributed by atoms with Crippen molar-refractivity contribution in [2.45, 2.75) is 12.8 Å². The van der Waals surface area contributed by atoms with Crippen molar-refractivity contribution in [3.8, 4) is 0 Å². The Hall–Kier alpha value is -0.940. The second kappa shape index (κ2) is 4.93. The van der Waals surface area contributed by atoms with E-state index in [1.807, 2.05) is 0 Å². The first-order chi connectivity index (χ1) is 7.35. The fourth-order valence-corrected chi connectivity index (χ4v) is 1.64. The minimum Gasteiger partial charge on any atom is -0.392 e. The van der Waals surface area contributed by atoms with Crippen LogP contribution in [0.1, 0.15) is 5.56 Å². The molecule has 16 heavy (non-hydrogen) atoms. The quantitative estimate of drug-likeness (QED) is 0.895. The molecule has 1 aromatic rings. The Morgan fingerprint density at radius 2 is 2.00 bits per heavy atom. The fourth-order valence-electron chi connectivity index (χ4n) is 1.42. The van der Waals surface area contributed by atoms with Crippen LogP contribution in [0.25, 0.3) is 0 Å². The highest BCUT2D eigenvalue weighted by Crippen LogP contribution is 2.28. The third-order valence-corrected chi connectivity index (χ3v) is 2.43. The van der Waals surface area contributed by atoms with Crippen molar-refractivity contribution in [1.29, 1.82) is 0 Å². The molecule has 0 atom stereocenters. The summed E-state index contributed by atoms with van der Waals surface area (Å²) >= 11 is 5.78. The van der Waals surface area contributed by atoms with Gasteiger partial charge in [0, 0.05) is 23.3 Å². The lowest BCUT2D eigenvalue weighted by Crippen LogP contribution is -2.31. The van der Waals surface area contributed by atoms with E-state index in [0.29, 0.717) is 5.56 Å². The van der Waals surface area contributed by atoms with Crippen LogP contribution in [0.15, 0.2) is 18.2 Å². The molecular weight excluding hydrogens is 243 g/mol. The molecule has 0 unspecified atom stereocenters. The van der Waals surface area contributed by atoms with Crippen LogP contribution in [-0.4, -0.2) is 24.9 Å². The molecule has 0 heterocycles. The van der Waals surface area contributed by atoms with Gasteiger partial charge in [-0.1, -0.05) is 17.7 Å². The van der Waals surface area contributed by atoms with Crippen LogP contribution in [0, 0.1) is 0 Å². The molecular formula is C10H11ClF3NO. The molecule has 0 saturated carbocycles. The molecule has 0 amide bonds. The highest BCUT2D eigenvalue weighted by Gasteiger charge is 2.30. The number of halogens is 4. The fraction of sp³-hybridized carbons (Fsp3) is 0.400. The first kappa shape index (κ1) is 13.1. The number of anilines is 1. The molecule has 6 heteroatoms. The van der Waals surface area contributed by atoms with Gasteiger partial charge in [-0.25, -0.2) is 0 Å². The minimum absolute atomic E-state index is 0.258. The molecule has 0 radical (unpaired) electrons. The van der Waals surface area contributed by atoms with Gasteiger partial charge in [-0.05, 0) is 12.1 Å². The van der Waals surface area contributed by atoms with Crippen molar-refractivity contribution in [1.82, 2.24) is 0 Å². The molecule has 0 aromatic heterocycles. The number of rotatable bonds is 3. The molecule has 0 spiro atoms. The van der Waals surface area contributed by atoms with Gasteiger partial charge in [0.15, 0.2) is 0 Å². The SMILES string of the molecule is CN(CC(F)(F)F)c1cccc(Cl)c1CO. The van der Waals surface area contributed by atoms with Crippen LogP contribution in [0.4, 0.5) is 18.9 Å². The molecule has 0 aliphatic rings. The summed E-state index contributed by atoms with van der Waals surface area (Å²) in [5.74, 6) is 0. The maximum absolute atomic E-state index is 12.2. The van der Waals surface area contributed by atoms with Gasteiger partial charge in [0.1, 0.15) is 6.54 Å². The topological polar surface area (TPSA) is 23.5 Å². The van der Waals surface area contributed by atoms with Crippen molar-refractivity contribution in [2.75, 3.05) is 18.5 Å². The summed E-state index contributed by atoms with van der Waals surface area (Å²) in [6, 6.07) is 4.56. The molecule has 0 aliphatic carbocycles. The third kappa shape index (κ3) is 3.28. The number of benzene rings is 1. The summed E-state index contributed by atoms with van der Waals surface area (Å²) in [4.78, 5) is 1.01. The molecule has 0 fully saturated rings. The molecule has 2 nitrogen and oxygen atoms in total. The molecule has 1 N–H and O–H groups in total. The van der Waals surface area contributed by atoms with Crippen molar-refractivity contribution < 1.29 is 18.3 Å². The predicted octanol–water partition coefficient (Wildman–Crippen LogP) is 2.83. The monoisotopic (exact) mass is 253 g/mol. The van der Waals surface area contributed by atoms with Crippen LogP contribution in [-0.2, 0) is 6.61 Å². The summed E-state index contributed by atoms with van der Waals surface area (Å²) in [5, 5.41) is 9.31. The van der Waals surface area contributed by atoms with Gasteiger partial charge in [-0.3, -0.25) is 0 Å². The van der Waals surface area contributed by atoms with E-state index in [1.165, 1.54) is 19.2 Å². The Morgan fingerprint density at radius 3 is 2.50 bits per heavy atom. The Morgan fingerprint density at radius 1 is 1.38 bits per heavy atom. The molecule has 1 rings (SSSR count). The highest BCUT2D eigenvalue weighted by atomic mass is 35.5. The van der Waals surface area contributed by atoms with E-state index in [2.05, 4.69) is 0 Å². The van der Waals surface area contributed by atoms with E-state index < -0.39 is 19.3 Å². The van der Waals surface area contributed by atoms with Crippen LogP contribution in [0.3, 0.4) is 0 Å². The van der Waals surface area contributed by atoms with Crippen LogP contribution < -0.4 is 4.90 Å². The largest absolute Gasteiger partial charge is 0.405 e. The zero-order valence-corrected chi connectivity index (χ0v) is 9.31. The van der Waals surface area contributed by atoms with E-state index in [0.717, 1.165) is 4.90 Å². The number of hydrogen-bond acceptors (Lipinski definition) is 2. The lowest BCUT2D eigenvalue weighted by Gasteiger charge is -2.23. The average molecular weight is 254 g/mol. The Kier molecular flexibility index (Phi) is 4.04. The van der Waals surface area contributed by atoms with Gasteiger partial charge in [0.05, 0.1) is 6.61 Å². The summed E-state index contributed by atoms with van der Waals surface area (Å²) in [5.41, 5.74) is 0.586. The van der Waals surface area contributed by atoms with Gasteiger partial charge in [0.25, 0.3) is 0 Å². The van der Waals surface area contributed by atoms with Gasteiger partial charge in [-0.15, -0.1) is 0 Å². The summed E-state index contributed by atoms with van der Waals surface area (Å²) in [6.07, 6.45) is -4.29. The van der Waals surface area contributed by atoms with Crippen LogP contribution in [0.2, 0.25) is 5.02 Å². The second-order valence-corrected chi connectivity index (χ2v) is 3.77. The van der Waals surface area contributed by atoms with Gasteiger partial charge in [0.2, 0.25) is 0 Å². The maximum atomic E-state index is 12.2. The summed E-state index contributed by atoms with van der Waals surface area (Å²) in [7, 11) is 1.30. The van der Waals surface area contributed by atoms with E-state index >= 15 is 0 Å². The van der Waals surface area contributed by atoms with Crippen LogP contribution >= 0.6 is 11.6 Å². The standard InChI is InChI=1S/C10H11ClF3NO/c1-15(6-10(12,13)14)9-4-2-3-8(11)7(9)5-16/h2-4,16H,5-6H2,1H3. The van der Waals surface area contributed by atoms with Gasteiger partial charge >= 0.3 is 6.18 Å². The normalized spacial score (nSPS) is 11.6. The van der Waals surface area contributed by atoms with Gasteiger partial charge in [-0.2, -0.15) is 13.2 Å². The minimum atomic E-state index is -4.29. The van der Waals surface area contributed by atoms with Gasteiger partial charge < -0.3 is 10.0 Å². The zero-order chi connectivity index (χ0) is 12.3. The number of hydrogen-bond donors (Lipinski definition) is 1. The second-order valence-electron chi connectivity index (χ2n) is 3.37. The van der Waals surface area contributed by atoms with E-state index in [1.54, 1.807) is 6.07 Å². The van der Waals surface area contributed by atoms with Crippen molar-refractivity contribution in [3.63, 3.8) is 0 Å². The lowest BCUT2D eigenvalue weighted by atomic mass is 10.1. The molecule has 0 saturated heterocycles. The van der Waals surface area contributed by atoms with Crippen molar-refractivity contribution >= 4 is 17.3 Å². The molecule has 0 bridgehead atoms. The average Bonchev–Trinajstić information content (AvgIpc) is 2.14. The van der Waals surface area contributed by atoms with Crippen molar-refractivity contribution in [2.24, 2.45) is 0 Å².